The standard InChI is InChI=1S/C13H11Cl2N3O2S2/c1-6-12(21-5-10(16)19)22-13(17-6)18-11(20)7-2-8(14)4-9(15)3-7/h2-4H,5H2,1H3,(H2,16,19)(H,17,18,20). The van der Waals surface area contributed by atoms with E-state index in [1.807, 2.05) is 0 Å². The highest BCUT2D eigenvalue weighted by Gasteiger charge is 2.14. The fraction of sp³-hybridized carbons (Fsp3) is 0.154. The number of thiazole rings is 1. The summed E-state index contributed by atoms with van der Waals surface area (Å²) >= 11 is 14.3. The van der Waals surface area contributed by atoms with Crippen molar-refractivity contribution in [3.63, 3.8) is 0 Å². The fourth-order valence-electron chi connectivity index (χ4n) is 1.56. The zero-order valence-electron chi connectivity index (χ0n) is 11.4. The van der Waals surface area contributed by atoms with Crippen LogP contribution in [-0.2, 0) is 4.79 Å². The first-order valence-corrected chi connectivity index (χ1v) is 8.57. The molecule has 0 bridgehead atoms. The van der Waals surface area contributed by atoms with Crippen molar-refractivity contribution in [3.8, 4) is 0 Å². The molecule has 1 aromatic heterocycles. The summed E-state index contributed by atoms with van der Waals surface area (Å²) in [4.78, 5) is 27.2. The lowest BCUT2D eigenvalue weighted by Gasteiger charge is -2.03. The Morgan fingerprint density at radius 2 is 1.95 bits per heavy atom. The van der Waals surface area contributed by atoms with Gasteiger partial charge in [-0.05, 0) is 25.1 Å². The normalized spacial score (nSPS) is 10.5. The van der Waals surface area contributed by atoms with Gasteiger partial charge in [0.1, 0.15) is 0 Å². The van der Waals surface area contributed by atoms with Crippen LogP contribution in [0.25, 0.3) is 0 Å². The number of primary amides is 1. The van der Waals surface area contributed by atoms with Crippen molar-refractivity contribution in [2.45, 2.75) is 11.1 Å². The van der Waals surface area contributed by atoms with Gasteiger partial charge in [0, 0.05) is 15.6 Å². The summed E-state index contributed by atoms with van der Waals surface area (Å²) in [6.07, 6.45) is 0. The number of nitrogens with two attached hydrogens (primary N) is 1. The molecule has 0 unspecified atom stereocenters. The molecule has 0 saturated carbocycles. The number of anilines is 1. The largest absolute Gasteiger partial charge is 0.369 e. The van der Waals surface area contributed by atoms with Crippen LogP contribution < -0.4 is 11.1 Å². The number of benzene rings is 1. The minimum absolute atomic E-state index is 0.167. The van der Waals surface area contributed by atoms with Crippen LogP contribution in [0.4, 0.5) is 5.13 Å². The third-order valence-electron chi connectivity index (χ3n) is 2.44. The fourth-order valence-corrected chi connectivity index (χ4v) is 3.96. The molecule has 0 fully saturated rings. The topological polar surface area (TPSA) is 85.1 Å². The Morgan fingerprint density at radius 3 is 2.55 bits per heavy atom. The third kappa shape index (κ3) is 4.61. The number of carbonyl (C=O) groups is 2. The lowest BCUT2D eigenvalue weighted by Crippen LogP contribution is -2.12. The Morgan fingerprint density at radius 1 is 1.32 bits per heavy atom. The molecule has 1 heterocycles. The van der Waals surface area contributed by atoms with Crippen molar-refractivity contribution in [1.82, 2.24) is 4.98 Å². The Hall–Kier alpha value is -1.28. The van der Waals surface area contributed by atoms with E-state index >= 15 is 0 Å². The summed E-state index contributed by atoms with van der Waals surface area (Å²) in [7, 11) is 0. The number of halogens is 2. The number of nitrogens with one attached hydrogen (secondary N) is 1. The van der Waals surface area contributed by atoms with Gasteiger partial charge in [-0.1, -0.05) is 34.5 Å². The number of aromatic nitrogens is 1. The van der Waals surface area contributed by atoms with E-state index in [0.717, 1.165) is 9.90 Å². The lowest BCUT2D eigenvalue weighted by atomic mass is 10.2. The second-order valence-electron chi connectivity index (χ2n) is 4.26. The molecule has 2 amide bonds. The Balaban J connectivity index is 2.11. The minimum Gasteiger partial charge on any atom is -0.369 e. The summed E-state index contributed by atoms with van der Waals surface area (Å²) < 4.78 is 0.832. The molecular weight excluding hydrogens is 365 g/mol. The van der Waals surface area contributed by atoms with Gasteiger partial charge in [-0.2, -0.15) is 0 Å². The molecule has 0 aliphatic carbocycles. The van der Waals surface area contributed by atoms with E-state index in [0.29, 0.717) is 20.7 Å². The van der Waals surface area contributed by atoms with Crippen molar-refractivity contribution >= 4 is 63.2 Å². The Kier molecular flexibility index (Phi) is 5.69. The van der Waals surface area contributed by atoms with E-state index in [4.69, 9.17) is 28.9 Å². The number of amides is 2. The van der Waals surface area contributed by atoms with E-state index in [2.05, 4.69) is 10.3 Å². The molecule has 3 N–H and O–H groups in total. The molecule has 1 aromatic carbocycles. The predicted molar refractivity (Wildman–Crippen MR) is 91.2 cm³/mol. The van der Waals surface area contributed by atoms with E-state index in [1.54, 1.807) is 13.0 Å². The van der Waals surface area contributed by atoms with Crippen LogP contribution in [0, 0.1) is 6.92 Å². The number of thioether (sulfide) groups is 1. The van der Waals surface area contributed by atoms with Gasteiger partial charge in [-0.25, -0.2) is 4.98 Å². The molecule has 0 spiro atoms. The highest BCUT2D eigenvalue weighted by atomic mass is 35.5. The van der Waals surface area contributed by atoms with Gasteiger partial charge in [-0.15, -0.1) is 11.8 Å². The molecule has 22 heavy (non-hydrogen) atoms. The number of carbonyl (C=O) groups excluding carboxylic acids is 2. The average molecular weight is 376 g/mol. The SMILES string of the molecule is Cc1nc(NC(=O)c2cc(Cl)cc(Cl)c2)sc1SCC(N)=O. The van der Waals surface area contributed by atoms with E-state index in [-0.39, 0.29) is 11.7 Å². The quantitative estimate of drug-likeness (QED) is 0.781. The minimum atomic E-state index is -0.406. The van der Waals surface area contributed by atoms with Crippen LogP contribution in [0.3, 0.4) is 0 Å². The lowest BCUT2D eigenvalue weighted by molar-refractivity contribution is -0.115. The second-order valence-corrected chi connectivity index (χ2v) is 7.38. The molecule has 0 radical (unpaired) electrons. The van der Waals surface area contributed by atoms with Crippen molar-refractivity contribution in [3.05, 3.63) is 39.5 Å². The van der Waals surface area contributed by atoms with Crippen LogP contribution in [-0.4, -0.2) is 22.6 Å². The van der Waals surface area contributed by atoms with Crippen LogP contribution in [0.1, 0.15) is 16.1 Å². The Bertz CT molecular complexity index is 714. The Labute approximate surface area is 145 Å². The van der Waals surface area contributed by atoms with Gasteiger partial charge < -0.3 is 5.73 Å². The highest BCUT2D eigenvalue weighted by Crippen LogP contribution is 2.32. The van der Waals surface area contributed by atoms with Crippen LogP contribution >= 0.6 is 46.3 Å². The van der Waals surface area contributed by atoms with Gasteiger partial charge in [0.25, 0.3) is 5.91 Å². The summed E-state index contributed by atoms with van der Waals surface area (Å²) in [5.41, 5.74) is 6.19. The number of hydrogen-bond donors (Lipinski definition) is 2. The van der Waals surface area contributed by atoms with E-state index < -0.39 is 5.91 Å². The van der Waals surface area contributed by atoms with Crippen molar-refractivity contribution in [2.75, 3.05) is 11.1 Å². The zero-order valence-corrected chi connectivity index (χ0v) is 14.5. The van der Waals surface area contributed by atoms with E-state index in [9.17, 15) is 9.59 Å². The predicted octanol–water partition coefficient (Wildman–Crippen LogP) is 3.59. The zero-order chi connectivity index (χ0) is 16.3. The van der Waals surface area contributed by atoms with Gasteiger partial charge in [0.05, 0.1) is 15.7 Å². The monoisotopic (exact) mass is 375 g/mol. The average Bonchev–Trinajstić information content (AvgIpc) is 2.75. The van der Waals surface area contributed by atoms with Crippen LogP contribution in [0.2, 0.25) is 10.0 Å². The number of rotatable bonds is 5. The summed E-state index contributed by atoms with van der Waals surface area (Å²) in [6, 6.07) is 4.59. The summed E-state index contributed by atoms with van der Waals surface area (Å²) in [5, 5.41) is 3.88. The molecule has 2 rings (SSSR count). The maximum atomic E-state index is 12.2. The third-order valence-corrected chi connectivity index (χ3v) is 5.34. The molecule has 0 saturated heterocycles. The molecule has 0 aliphatic rings. The van der Waals surface area contributed by atoms with Gasteiger partial charge in [0.2, 0.25) is 5.91 Å². The number of aryl methyl sites for hydroxylation is 1. The maximum absolute atomic E-state index is 12.2. The van der Waals surface area contributed by atoms with Gasteiger partial charge in [0.15, 0.2) is 5.13 Å². The van der Waals surface area contributed by atoms with Crippen molar-refractivity contribution in [2.24, 2.45) is 5.73 Å². The highest BCUT2D eigenvalue weighted by molar-refractivity contribution is 8.01. The molecule has 0 atom stereocenters. The molecular formula is C13H11Cl2N3O2S2. The first kappa shape index (κ1) is 17.1. The second kappa shape index (κ2) is 7.32. The summed E-state index contributed by atoms with van der Waals surface area (Å²) in [5.74, 6) is -0.595. The van der Waals surface area contributed by atoms with E-state index in [1.165, 1.54) is 35.2 Å². The van der Waals surface area contributed by atoms with Crippen molar-refractivity contribution < 1.29 is 9.59 Å². The molecule has 9 heteroatoms. The first-order chi connectivity index (χ1) is 10.3. The molecule has 2 aromatic rings. The molecule has 116 valence electrons. The smallest absolute Gasteiger partial charge is 0.257 e. The molecule has 0 aliphatic heterocycles. The maximum Gasteiger partial charge on any atom is 0.257 e. The summed E-state index contributed by atoms with van der Waals surface area (Å²) in [6.45, 7) is 1.80. The number of hydrogen-bond acceptors (Lipinski definition) is 5. The molecule has 5 nitrogen and oxygen atoms in total. The van der Waals surface area contributed by atoms with Crippen molar-refractivity contribution in [1.29, 1.82) is 0 Å². The van der Waals surface area contributed by atoms with Crippen LogP contribution in [0.15, 0.2) is 22.4 Å². The first-order valence-electron chi connectivity index (χ1n) is 6.01. The van der Waals surface area contributed by atoms with Gasteiger partial charge >= 0.3 is 0 Å². The number of nitrogens with zero attached hydrogens (tertiary/aromatic N) is 1. The van der Waals surface area contributed by atoms with Gasteiger partial charge in [-0.3, -0.25) is 14.9 Å². The van der Waals surface area contributed by atoms with Crippen LogP contribution in [0.5, 0.6) is 0 Å².